The van der Waals surface area contributed by atoms with Crippen LogP contribution in [0.3, 0.4) is 0 Å². The van der Waals surface area contributed by atoms with Gasteiger partial charge in [0.2, 0.25) is 0 Å². The van der Waals surface area contributed by atoms with Gasteiger partial charge < -0.3 is 19.4 Å². The minimum Gasteiger partial charge on any atom is -0.378 e. The van der Waals surface area contributed by atoms with Crippen molar-refractivity contribution in [2.24, 2.45) is 0 Å². The molecule has 0 radical (unpaired) electrons. The third kappa shape index (κ3) is 3.47. The van der Waals surface area contributed by atoms with Crippen LogP contribution in [0.4, 0.5) is 14.6 Å². The van der Waals surface area contributed by atoms with Crippen LogP contribution in [0.5, 0.6) is 0 Å². The highest BCUT2D eigenvalue weighted by molar-refractivity contribution is 7.10. The second-order valence-corrected chi connectivity index (χ2v) is 6.00. The SMILES string of the molecule is O=C(Nc1ccns1)N1CCN(C(=O)N2CCOCC2)CC1. The van der Waals surface area contributed by atoms with Crippen molar-refractivity contribution < 1.29 is 14.3 Å². The van der Waals surface area contributed by atoms with Crippen LogP contribution in [0.15, 0.2) is 12.3 Å². The molecule has 3 heterocycles. The number of carbonyl (C=O) groups excluding carboxylic acids is 2. The lowest BCUT2D eigenvalue weighted by Crippen LogP contribution is -2.56. The molecule has 4 amide bonds. The van der Waals surface area contributed by atoms with E-state index < -0.39 is 0 Å². The molecule has 2 fully saturated rings. The molecule has 2 saturated heterocycles. The highest BCUT2D eigenvalue weighted by Gasteiger charge is 2.28. The number of piperazine rings is 1. The molecule has 0 saturated carbocycles. The molecule has 1 aromatic heterocycles. The molecule has 0 aromatic carbocycles. The molecule has 0 unspecified atom stereocenters. The summed E-state index contributed by atoms with van der Waals surface area (Å²) in [4.78, 5) is 29.8. The summed E-state index contributed by atoms with van der Waals surface area (Å²) in [5.74, 6) is 0. The second kappa shape index (κ2) is 6.93. The van der Waals surface area contributed by atoms with E-state index in [0.717, 1.165) is 5.00 Å². The Bertz CT molecular complexity index is 510. The molecule has 3 rings (SSSR count). The third-order valence-corrected chi connectivity index (χ3v) is 4.45. The zero-order valence-corrected chi connectivity index (χ0v) is 13.0. The summed E-state index contributed by atoms with van der Waals surface area (Å²) < 4.78 is 9.21. The number of anilines is 1. The summed E-state index contributed by atoms with van der Waals surface area (Å²) in [6, 6.07) is 1.68. The number of urea groups is 2. The fourth-order valence-electron chi connectivity index (χ4n) is 2.52. The maximum atomic E-state index is 12.4. The number of morpholine rings is 1. The second-order valence-electron chi connectivity index (χ2n) is 5.16. The van der Waals surface area contributed by atoms with E-state index in [1.807, 2.05) is 9.80 Å². The van der Waals surface area contributed by atoms with Crippen molar-refractivity contribution in [3.05, 3.63) is 12.3 Å². The van der Waals surface area contributed by atoms with Gasteiger partial charge in [0.1, 0.15) is 5.00 Å². The van der Waals surface area contributed by atoms with E-state index >= 15 is 0 Å². The van der Waals surface area contributed by atoms with Crippen LogP contribution in [0.1, 0.15) is 0 Å². The van der Waals surface area contributed by atoms with Crippen molar-refractivity contribution >= 4 is 28.6 Å². The van der Waals surface area contributed by atoms with Gasteiger partial charge in [-0.15, -0.1) is 0 Å². The van der Waals surface area contributed by atoms with Crippen LogP contribution in [-0.2, 0) is 4.74 Å². The molecule has 2 aliphatic rings. The van der Waals surface area contributed by atoms with Gasteiger partial charge in [0.05, 0.1) is 13.2 Å². The van der Waals surface area contributed by atoms with E-state index in [4.69, 9.17) is 4.74 Å². The number of hydrogen-bond acceptors (Lipinski definition) is 5. The molecule has 2 aliphatic heterocycles. The van der Waals surface area contributed by atoms with Gasteiger partial charge in [-0.3, -0.25) is 5.32 Å². The number of hydrogen-bond donors (Lipinski definition) is 1. The molecule has 1 N–H and O–H groups in total. The van der Waals surface area contributed by atoms with Gasteiger partial charge in [0.15, 0.2) is 0 Å². The maximum absolute atomic E-state index is 12.4. The first-order chi connectivity index (χ1) is 10.7. The normalized spacial score (nSPS) is 19.2. The van der Waals surface area contributed by atoms with E-state index in [0.29, 0.717) is 52.5 Å². The van der Waals surface area contributed by atoms with Gasteiger partial charge in [-0.1, -0.05) is 0 Å². The quantitative estimate of drug-likeness (QED) is 0.826. The summed E-state index contributed by atoms with van der Waals surface area (Å²) in [6.07, 6.45) is 1.65. The Morgan fingerprint density at radius 1 is 1.05 bits per heavy atom. The molecule has 0 spiro atoms. The van der Waals surface area contributed by atoms with Gasteiger partial charge in [-0.25, -0.2) is 9.59 Å². The van der Waals surface area contributed by atoms with Crippen molar-refractivity contribution in [2.45, 2.75) is 0 Å². The topological polar surface area (TPSA) is 78.0 Å². The standard InChI is InChI=1S/C13H19N5O3S/c19-12(15-11-1-2-14-22-11)16-3-5-17(6-4-16)13(20)18-7-9-21-10-8-18/h1-2H,3-10H2,(H,15,19). The lowest BCUT2D eigenvalue weighted by atomic mass is 10.3. The molecule has 120 valence electrons. The van der Waals surface area contributed by atoms with Crippen molar-refractivity contribution in [3.63, 3.8) is 0 Å². The Balaban J connectivity index is 1.47. The molecule has 8 nitrogen and oxygen atoms in total. The zero-order valence-electron chi connectivity index (χ0n) is 12.2. The van der Waals surface area contributed by atoms with Crippen molar-refractivity contribution in [1.82, 2.24) is 19.1 Å². The van der Waals surface area contributed by atoms with E-state index in [9.17, 15) is 9.59 Å². The Labute approximate surface area is 132 Å². The first kappa shape index (κ1) is 15.0. The van der Waals surface area contributed by atoms with Gasteiger partial charge >= 0.3 is 12.1 Å². The van der Waals surface area contributed by atoms with E-state index in [1.54, 1.807) is 17.2 Å². The number of rotatable bonds is 1. The fourth-order valence-corrected chi connectivity index (χ4v) is 3.01. The van der Waals surface area contributed by atoms with E-state index in [-0.39, 0.29) is 12.1 Å². The molecule has 0 aliphatic carbocycles. The number of nitrogens with zero attached hydrogens (tertiary/aromatic N) is 4. The lowest BCUT2D eigenvalue weighted by Gasteiger charge is -2.38. The van der Waals surface area contributed by atoms with Crippen molar-refractivity contribution in [1.29, 1.82) is 0 Å². The van der Waals surface area contributed by atoms with Crippen LogP contribution in [-0.4, -0.2) is 83.6 Å². The summed E-state index contributed by atoms with van der Waals surface area (Å²) in [6.45, 7) is 4.70. The molecule has 22 heavy (non-hydrogen) atoms. The van der Waals surface area contributed by atoms with E-state index in [2.05, 4.69) is 9.69 Å². The summed E-state index contributed by atoms with van der Waals surface area (Å²) in [5, 5.41) is 3.54. The van der Waals surface area contributed by atoms with Crippen LogP contribution in [0.2, 0.25) is 0 Å². The lowest BCUT2D eigenvalue weighted by molar-refractivity contribution is 0.0395. The summed E-state index contributed by atoms with van der Waals surface area (Å²) in [5.41, 5.74) is 0. The van der Waals surface area contributed by atoms with Crippen LogP contribution in [0, 0.1) is 0 Å². The molecular formula is C13H19N5O3S. The van der Waals surface area contributed by atoms with Crippen LogP contribution >= 0.6 is 11.5 Å². The molecular weight excluding hydrogens is 306 g/mol. The first-order valence-corrected chi connectivity index (χ1v) is 8.09. The van der Waals surface area contributed by atoms with Crippen LogP contribution in [0.25, 0.3) is 0 Å². The summed E-state index contributed by atoms with van der Waals surface area (Å²) >= 11 is 1.25. The number of amides is 4. The van der Waals surface area contributed by atoms with Crippen molar-refractivity contribution in [2.75, 3.05) is 57.8 Å². The largest absolute Gasteiger partial charge is 0.378 e. The average Bonchev–Trinajstić information content (AvgIpc) is 3.08. The zero-order chi connectivity index (χ0) is 15.4. The Hall–Kier alpha value is -1.87. The predicted molar refractivity (Wildman–Crippen MR) is 82.1 cm³/mol. The van der Waals surface area contributed by atoms with Gasteiger partial charge in [-0.05, 0) is 17.6 Å². The van der Waals surface area contributed by atoms with E-state index in [1.165, 1.54) is 11.5 Å². The molecule has 0 bridgehead atoms. The fraction of sp³-hybridized carbons (Fsp3) is 0.615. The minimum atomic E-state index is -0.136. The summed E-state index contributed by atoms with van der Waals surface area (Å²) in [7, 11) is 0. The van der Waals surface area contributed by atoms with Gasteiger partial charge in [-0.2, -0.15) is 4.37 Å². The van der Waals surface area contributed by atoms with Gasteiger partial charge in [0, 0.05) is 45.5 Å². The number of carbonyl (C=O) groups is 2. The molecule has 1 aromatic rings. The Morgan fingerprint density at radius 3 is 2.32 bits per heavy atom. The van der Waals surface area contributed by atoms with Crippen molar-refractivity contribution in [3.8, 4) is 0 Å². The first-order valence-electron chi connectivity index (χ1n) is 7.32. The average molecular weight is 325 g/mol. The van der Waals surface area contributed by atoms with Crippen LogP contribution < -0.4 is 5.32 Å². The highest BCUT2D eigenvalue weighted by Crippen LogP contribution is 2.14. The Morgan fingerprint density at radius 2 is 1.68 bits per heavy atom. The molecule has 0 atom stereocenters. The number of ether oxygens (including phenoxy) is 1. The minimum absolute atomic E-state index is 0.0471. The highest BCUT2D eigenvalue weighted by atomic mass is 32.1. The predicted octanol–water partition coefficient (Wildman–Crippen LogP) is 0.745. The molecule has 9 heteroatoms. The third-order valence-electron chi connectivity index (χ3n) is 3.79. The number of aromatic nitrogens is 1. The van der Waals surface area contributed by atoms with Gasteiger partial charge in [0.25, 0.3) is 0 Å². The number of nitrogens with one attached hydrogen (secondary N) is 1. The maximum Gasteiger partial charge on any atom is 0.322 e. The smallest absolute Gasteiger partial charge is 0.322 e. The monoisotopic (exact) mass is 325 g/mol. The Kier molecular flexibility index (Phi) is 4.74.